The monoisotopic (exact) mass is 483 g/mol. The molecule has 0 bridgehead atoms. The van der Waals surface area contributed by atoms with Gasteiger partial charge in [0.2, 0.25) is 5.95 Å². The summed E-state index contributed by atoms with van der Waals surface area (Å²) >= 11 is 0. The van der Waals surface area contributed by atoms with Crippen LogP contribution in [0.5, 0.6) is 0 Å². The molecule has 0 aromatic carbocycles. The molecule has 2 aliphatic rings. The topological polar surface area (TPSA) is 175 Å². The molecule has 2 aliphatic heterocycles. The Labute approximate surface area is 174 Å². The molecule has 4 rings (SSSR count). The first-order valence-electron chi connectivity index (χ1n) is 6.58. The van der Waals surface area contributed by atoms with Gasteiger partial charge in [-0.15, -0.1) is 0 Å². The minimum atomic E-state index is -4.23. The van der Waals surface area contributed by atoms with Gasteiger partial charge in [0.15, 0.2) is 17.4 Å². The number of hydrogen-bond acceptors (Lipinski definition) is 9. The van der Waals surface area contributed by atoms with Crippen molar-refractivity contribution in [3.8, 4) is 0 Å². The average Bonchev–Trinajstić information content (AvgIpc) is 3.09. The van der Waals surface area contributed by atoms with E-state index in [2.05, 4.69) is 15.0 Å². The molecule has 0 amide bonds. The molecule has 0 radical (unpaired) electrons. The van der Waals surface area contributed by atoms with E-state index in [-0.39, 0.29) is 66.0 Å². The summed E-state index contributed by atoms with van der Waals surface area (Å²) in [6, 6.07) is 0. The molecule has 24 heavy (non-hydrogen) atoms. The van der Waals surface area contributed by atoms with Crippen molar-refractivity contribution in [1.82, 2.24) is 19.5 Å². The number of nitrogens with two attached hydrogens (primary N) is 1. The first-order valence-corrected chi connectivity index (χ1v) is 8.07. The molecule has 5 atom stereocenters. The number of nitrogen functional groups attached to an aromatic ring is 1. The molecule has 0 spiro atoms. The molecule has 14 heteroatoms. The molecule has 2 aromatic rings. The smallest absolute Gasteiger partial charge is 0.394 e. The van der Waals surface area contributed by atoms with E-state index in [1.165, 1.54) is 10.9 Å². The van der Waals surface area contributed by atoms with Crippen LogP contribution >= 0.6 is 7.82 Å². The van der Waals surface area contributed by atoms with Gasteiger partial charge in [0.1, 0.15) is 18.3 Å². The first-order chi connectivity index (χ1) is 10.9. The van der Waals surface area contributed by atoms with Gasteiger partial charge in [0, 0.05) is 0 Å². The molecule has 12 nitrogen and oxygen atoms in total. The number of H-pyrrole nitrogens is 1. The number of aliphatic hydroxyl groups is 1. The molecule has 124 valence electrons. The van der Waals surface area contributed by atoms with Gasteiger partial charge in [-0.1, -0.05) is 0 Å². The number of fused-ring (bicyclic) bond motifs is 2. The third-order valence-electron chi connectivity index (χ3n) is 3.70. The van der Waals surface area contributed by atoms with E-state index < -0.39 is 44.5 Å². The molecular weight excluding hydrogens is 470 g/mol. The molecule has 4 heterocycles. The minimum absolute atomic E-state index is 0. The van der Waals surface area contributed by atoms with Crippen molar-refractivity contribution in [2.45, 2.75) is 24.5 Å². The number of rotatable bonds is 2. The van der Waals surface area contributed by atoms with Crippen LogP contribution < -0.4 is 11.3 Å². The van der Waals surface area contributed by atoms with E-state index >= 15 is 0 Å². The van der Waals surface area contributed by atoms with Crippen LogP contribution in [0.2, 0.25) is 0 Å². The van der Waals surface area contributed by atoms with Crippen LogP contribution in [0.4, 0.5) is 5.95 Å². The van der Waals surface area contributed by atoms with Crippen LogP contribution in [0, 0.1) is 0 Å². The maximum Gasteiger partial charge on any atom is 2.00 e. The number of aliphatic hydroxyl groups excluding tert-OH is 1. The summed E-state index contributed by atoms with van der Waals surface area (Å²) in [5.74, 6) is -0.117. The molecule has 2 aromatic heterocycles. The largest absolute Gasteiger partial charge is 2.00 e. The predicted octanol–water partition coefficient (Wildman–Crippen LogP) is -1.90. The number of nitrogens with one attached hydrogen (secondary N) is 1. The third-order valence-corrected chi connectivity index (χ3v) is 4.72. The predicted molar refractivity (Wildman–Crippen MR) is 78.9 cm³/mol. The van der Waals surface area contributed by atoms with Crippen LogP contribution in [-0.4, -0.2) is 103 Å². The maximum atomic E-state index is 11.8. The van der Waals surface area contributed by atoms with Gasteiger partial charge in [-0.3, -0.25) is 23.4 Å². The van der Waals surface area contributed by atoms with E-state index in [0.717, 1.165) is 0 Å². The Balaban J connectivity index is 0.00000169. The fourth-order valence-electron chi connectivity index (χ4n) is 2.78. The third kappa shape index (κ3) is 2.91. The first kappa shape index (κ1) is 18.5. The number of phosphoric ester groups is 1. The van der Waals surface area contributed by atoms with Crippen LogP contribution in [-0.2, 0) is 18.3 Å². The Bertz CT molecular complexity index is 886. The second kappa shape index (κ2) is 6.48. The van der Waals surface area contributed by atoms with Crippen molar-refractivity contribution in [3.63, 3.8) is 0 Å². The Hall–Kier alpha value is -0.249. The van der Waals surface area contributed by atoms with Crippen LogP contribution in [0.1, 0.15) is 6.23 Å². The molecule has 5 N–H and O–H groups in total. The Morgan fingerprint density at radius 1 is 1.42 bits per heavy atom. The Kier molecular flexibility index (Phi) is 5.01. The number of aromatic nitrogens is 4. The van der Waals surface area contributed by atoms with Gasteiger partial charge in [-0.2, -0.15) is 4.98 Å². The number of hydrogen-bond donors (Lipinski definition) is 4. The molecule has 2 fully saturated rings. The Morgan fingerprint density at radius 3 is 2.83 bits per heavy atom. The van der Waals surface area contributed by atoms with Crippen molar-refractivity contribution in [3.05, 3.63) is 16.7 Å². The zero-order chi connectivity index (χ0) is 16.4. The number of aromatic amines is 1. The van der Waals surface area contributed by atoms with Crippen molar-refractivity contribution in [2.75, 3.05) is 12.3 Å². The fraction of sp³-hybridized carbons (Fsp3) is 0.500. The van der Waals surface area contributed by atoms with E-state index in [1.807, 2.05) is 0 Å². The van der Waals surface area contributed by atoms with Crippen molar-refractivity contribution >= 4 is 73.8 Å². The Morgan fingerprint density at radius 2 is 2.12 bits per heavy atom. The minimum Gasteiger partial charge on any atom is -0.394 e. The van der Waals surface area contributed by atoms with Gasteiger partial charge in [0.05, 0.1) is 12.9 Å². The van der Waals surface area contributed by atoms with Crippen molar-refractivity contribution < 1.29 is 28.3 Å². The number of nitrogens with zero attached hydrogens (tertiary/aromatic N) is 3. The summed E-state index contributed by atoms with van der Waals surface area (Å²) in [6.07, 6.45) is -2.46. The van der Waals surface area contributed by atoms with Crippen LogP contribution in [0.3, 0.4) is 0 Å². The fourth-order valence-corrected chi connectivity index (χ4v) is 3.92. The van der Waals surface area contributed by atoms with Crippen LogP contribution in [0.25, 0.3) is 11.2 Å². The maximum absolute atomic E-state index is 11.8. The molecule has 5 unspecified atom stereocenters. The SMILES string of the molecule is Nc1nc2c(ncn2C2OC(CO)C3OP(=O)(O)OC32)c(=O)[nH]1.[Ba+2]. The number of imidazole rings is 1. The van der Waals surface area contributed by atoms with E-state index in [0.29, 0.717) is 0 Å². The zero-order valence-corrected chi connectivity index (χ0v) is 17.4. The summed E-state index contributed by atoms with van der Waals surface area (Å²) in [4.78, 5) is 31.5. The van der Waals surface area contributed by atoms with E-state index in [1.54, 1.807) is 0 Å². The normalized spacial score (nSPS) is 35.1. The summed E-state index contributed by atoms with van der Waals surface area (Å²) in [5.41, 5.74) is 5.14. The van der Waals surface area contributed by atoms with Crippen molar-refractivity contribution in [1.29, 1.82) is 0 Å². The van der Waals surface area contributed by atoms with Gasteiger partial charge < -0.3 is 20.5 Å². The van der Waals surface area contributed by atoms with Gasteiger partial charge in [0.25, 0.3) is 5.56 Å². The second-order valence-electron chi connectivity index (χ2n) is 5.13. The summed E-state index contributed by atoms with van der Waals surface area (Å²) < 4.78 is 28.5. The van der Waals surface area contributed by atoms with Crippen molar-refractivity contribution in [2.24, 2.45) is 0 Å². The zero-order valence-electron chi connectivity index (χ0n) is 12.1. The summed E-state index contributed by atoms with van der Waals surface area (Å²) in [6.45, 7) is -0.441. The standard InChI is InChI=1S/C10H12N5O7P.Ba/c11-10-13-7-4(8(17)14-10)12-2-15(7)9-6-5(3(1-16)20-9)21-23(18,19)22-6;/h2-3,5-6,9,16H,1H2,(H,18,19)(H3,11,13,14,17);/q;+2. The second-order valence-corrected chi connectivity index (χ2v) is 6.49. The molecule has 2 saturated heterocycles. The number of anilines is 1. The van der Waals surface area contributed by atoms with E-state index in [9.17, 15) is 19.4 Å². The molecule has 0 aliphatic carbocycles. The van der Waals surface area contributed by atoms with Gasteiger partial charge >= 0.3 is 56.7 Å². The summed E-state index contributed by atoms with van der Waals surface area (Å²) in [7, 11) is -4.23. The average molecular weight is 483 g/mol. The number of phosphoric acid groups is 1. The summed E-state index contributed by atoms with van der Waals surface area (Å²) in [5, 5.41) is 9.35. The van der Waals surface area contributed by atoms with Gasteiger partial charge in [-0.25, -0.2) is 9.55 Å². The molecule has 0 saturated carbocycles. The molecular formula is C10H12BaN5O7P+2. The number of ether oxygens (including phenoxy) is 1. The van der Waals surface area contributed by atoms with Gasteiger partial charge in [-0.05, 0) is 0 Å². The quantitative estimate of drug-likeness (QED) is 0.279. The van der Waals surface area contributed by atoms with Crippen LogP contribution in [0.15, 0.2) is 11.1 Å². The van der Waals surface area contributed by atoms with E-state index in [4.69, 9.17) is 19.5 Å².